The molecule has 1 N–H and O–H groups in total. The highest BCUT2D eigenvalue weighted by Crippen LogP contribution is 2.47. The van der Waals surface area contributed by atoms with Gasteiger partial charge in [0.05, 0.1) is 12.1 Å². The molecule has 0 saturated heterocycles. The van der Waals surface area contributed by atoms with Gasteiger partial charge in [0.25, 0.3) is 0 Å². The Labute approximate surface area is 109 Å². The monoisotopic (exact) mass is 256 g/mol. The van der Waals surface area contributed by atoms with E-state index < -0.39 is 5.97 Å². The Morgan fingerprint density at radius 3 is 2.84 bits per heavy atom. The van der Waals surface area contributed by atoms with Crippen LogP contribution in [-0.4, -0.2) is 22.8 Å². The fourth-order valence-electron chi connectivity index (χ4n) is 2.75. The molecule has 3 heterocycles. The molecule has 0 saturated carbocycles. The lowest BCUT2D eigenvalue weighted by Crippen LogP contribution is -2.05. The van der Waals surface area contributed by atoms with Crippen molar-refractivity contribution in [1.29, 1.82) is 0 Å². The Bertz CT molecular complexity index is 717. The Kier molecular flexibility index (Phi) is 2.08. The molecule has 19 heavy (non-hydrogen) atoms. The van der Waals surface area contributed by atoms with Crippen LogP contribution >= 0.6 is 0 Å². The quantitative estimate of drug-likeness (QED) is 0.662. The van der Waals surface area contributed by atoms with Gasteiger partial charge >= 0.3 is 5.97 Å². The lowest BCUT2D eigenvalue weighted by atomic mass is 9.95. The number of nitrogens with one attached hydrogen (secondary N) is 1. The van der Waals surface area contributed by atoms with Gasteiger partial charge in [0.2, 0.25) is 0 Å². The van der Waals surface area contributed by atoms with Gasteiger partial charge in [0.15, 0.2) is 5.69 Å². The highest BCUT2D eigenvalue weighted by Gasteiger charge is 2.34. The molecular weight excluding hydrogens is 244 g/mol. The number of carbonyl (C=O) groups is 1. The summed E-state index contributed by atoms with van der Waals surface area (Å²) in [6.07, 6.45) is 4.15. The van der Waals surface area contributed by atoms with Gasteiger partial charge in [0.1, 0.15) is 12.2 Å². The van der Waals surface area contributed by atoms with E-state index in [2.05, 4.69) is 16.3 Å². The summed E-state index contributed by atoms with van der Waals surface area (Å²) < 4.78 is 10.8. The number of nitrogens with zero attached hydrogens (tertiary/aromatic N) is 1. The lowest BCUT2D eigenvalue weighted by Gasteiger charge is -2.07. The van der Waals surface area contributed by atoms with Gasteiger partial charge in [-0.15, -0.1) is 0 Å². The number of aromatic amines is 1. The number of esters is 1. The average Bonchev–Trinajstić information content (AvgIpc) is 3.11. The molecule has 2 aromatic rings. The SMILES string of the molecule is CCOC(=O)c1n[nH]c2cc3c(cc12)C1C=CC3O1. The third kappa shape index (κ3) is 1.39. The van der Waals surface area contributed by atoms with E-state index in [1.54, 1.807) is 6.92 Å². The van der Waals surface area contributed by atoms with Crippen molar-refractivity contribution in [1.82, 2.24) is 10.2 Å². The summed E-state index contributed by atoms with van der Waals surface area (Å²) in [7, 11) is 0. The van der Waals surface area contributed by atoms with Crippen LogP contribution < -0.4 is 0 Å². The van der Waals surface area contributed by atoms with Crippen LogP contribution in [0.1, 0.15) is 40.7 Å². The van der Waals surface area contributed by atoms with Gasteiger partial charge in [-0.25, -0.2) is 4.79 Å². The maximum absolute atomic E-state index is 11.8. The van der Waals surface area contributed by atoms with Gasteiger partial charge in [-0.1, -0.05) is 12.2 Å². The van der Waals surface area contributed by atoms with E-state index in [9.17, 15) is 4.79 Å². The Hall–Kier alpha value is -2.14. The standard InChI is InChI=1S/C14H12N2O3/c1-2-18-14(17)13-9-5-7-8(6-10(9)15-16-13)12-4-3-11(7)19-12/h3-6,11-12H,2H2,1H3,(H,15,16). The first kappa shape index (κ1) is 10.8. The van der Waals surface area contributed by atoms with Crippen molar-refractivity contribution in [3.05, 3.63) is 41.1 Å². The molecule has 2 atom stereocenters. The zero-order valence-electron chi connectivity index (χ0n) is 10.3. The first-order valence-corrected chi connectivity index (χ1v) is 6.30. The number of benzene rings is 1. The van der Waals surface area contributed by atoms with Crippen LogP contribution in [-0.2, 0) is 9.47 Å². The number of carbonyl (C=O) groups excluding carboxylic acids is 1. The second-order valence-electron chi connectivity index (χ2n) is 4.68. The van der Waals surface area contributed by atoms with Crippen LogP contribution in [0.3, 0.4) is 0 Å². The normalized spacial score (nSPS) is 23.0. The van der Waals surface area contributed by atoms with Crippen molar-refractivity contribution in [3.63, 3.8) is 0 Å². The van der Waals surface area contributed by atoms with Crippen LogP contribution in [0.4, 0.5) is 0 Å². The van der Waals surface area contributed by atoms with Crippen molar-refractivity contribution >= 4 is 16.9 Å². The molecular formula is C14H12N2O3. The molecule has 0 fully saturated rings. The van der Waals surface area contributed by atoms with Crippen molar-refractivity contribution in [2.45, 2.75) is 19.1 Å². The molecule has 0 spiro atoms. The number of H-pyrrole nitrogens is 1. The summed E-state index contributed by atoms with van der Waals surface area (Å²) in [4.78, 5) is 11.8. The van der Waals surface area contributed by atoms with Gasteiger partial charge < -0.3 is 9.47 Å². The molecule has 5 nitrogen and oxygen atoms in total. The summed E-state index contributed by atoms with van der Waals surface area (Å²) in [5, 5.41) is 7.74. The minimum absolute atomic E-state index is 0.00865. The smallest absolute Gasteiger partial charge is 0.359 e. The number of aromatic nitrogens is 2. The molecule has 2 aliphatic rings. The van der Waals surface area contributed by atoms with Gasteiger partial charge in [-0.2, -0.15) is 5.10 Å². The van der Waals surface area contributed by atoms with Crippen molar-refractivity contribution in [2.24, 2.45) is 0 Å². The summed E-state index contributed by atoms with van der Waals surface area (Å²) in [6.45, 7) is 2.12. The molecule has 2 aliphatic heterocycles. The van der Waals surface area contributed by atoms with E-state index in [0.717, 1.165) is 22.0 Å². The fraction of sp³-hybridized carbons (Fsp3) is 0.286. The van der Waals surface area contributed by atoms with E-state index >= 15 is 0 Å². The predicted molar refractivity (Wildman–Crippen MR) is 67.8 cm³/mol. The van der Waals surface area contributed by atoms with Crippen LogP contribution in [0.15, 0.2) is 24.3 Å². The molecule has 1 aromatic carbocycles. The van der Waals surface area contributed by atoms with E-state index in [4.69, 9.17) is 9.47 Å². The second-order valence-corrected chi connectivity index (χ2v) is 4.68. The van der Waals surface area contributed by atoms with E-state index in [1.807, 2.05) is 18.2 Å². The third-order valence-electron chi connectivity index (χ3n) is 3.60. The zero-order valence-corrected chi connectivity index (χ0v) is 10.3. The predicted octanol–water partition coefficient (Wildman–Crippen LogP) is 2.42. The largest absolute Gasteiger partial charge is 0.461 e. The van der Waals surface area contributed by atoms with Crippen LogP contribution in [0.25, 0.3) is 10.9 Å². The maximum Gasteiger partial charge on any atom is 0.359 e. The third-order valence-corrected chi connectivity index (χ3v) is 3.60. The topological polar surface area (TPSA) is 64.2 Å². The van der Waals surface area contributed by atoms with Crippen LogP contribution in [0, 0.1) is 0 Å². The number of ether oxygens (including phenoxy) is 2. The Balaban J connectivity index is 1.88. The zero-order chi connectivity index (χ0) is 13.0. The summed E-state index contributed by atoms with van der Waals surface area (Å²) in [6, 6.07) is 3.99. The van der Waals surface area contributed by atoms with Crippen molar-refractivity contribution in [2.75, 3.05) is 6.61 Å². The number of hydrogen-bond donors (Lipinski definition) is 1. The van der Waals surface area contributed by atoms with Gasteiger partial charge in [0, 0.05) is 5.39 Å². The Morgan fingerprint density at radius 2 is 2.11 bits per heavy atom. The van der Waals surface area contributed by atoms with E-state index in [-0.39, 0.29) is 12.2 Å². The second kappa shape index (κ2) is 3.68. The van der Waals surface area contributed by atoms with Crippen LogP contribution in [0.5, 0.6) is 0 Å². The van der Waals surface area contributed by atoms with E-state index in [0.29, 0.717) is 12.3 Å². The molecule has 1 aromatic heterocycles. The lowest BCUT2D eigenvalue weighted by molar-refractivity contribution is 0.0521. The molecule has 5 heteroatoms. The minimum atomic E-state index is -0.395. The number of fused-ring (bicyclic) bond motifs is 6. The first-order valence-electron chi connectivity index (χ1n) is 6.30. The van der Waals surface area contributed by atoms with Gasteiger partial charge in [-0.3, -0.25) is 5.10 Å². The molecule has 2 unspecified atom stereocenters. The molecule has 0 aliphatic carbocycles. The molecule has 4 rings (SSSR count). The van der Waals surface area contributed by atoms with Crippen molar-refractivity contribution in [3.8, 4) is 0 Å². The highest BCUT2D eigenvalue weighted by atomic mass is 16.5. The molecule has 2 bridgehead atoms. The first-order chi connectivity index (χ1) is 9.28. The van der Waals surface area contributed by atoms with Gasteiger partial charge in [-0.05, 0) is 30.2 Å². The van der Waals surface area contributed by atoms with E-state index in [1.165, 1.54) is 0 Å². The molecule has 96 valence electrons. The molecule has 0 amide bonds. The Morgan fingerprint density at radius 1 is 1.37 bits per heavy atom. The fourth-order valence-corrected chi connectivity index (χ4v) is 2.75. The summed E-state index contributed by atoms with van der Waals surface area (Å²) in [5.74, 6) is -0.395. The molecule has 0 radical (unpaired) electrons. The average molecular weight is 256 g/mol. The van der Waals surface area contributed by atoms with Crippen LogP contribution in [0.2, 0.25) is 0 Å². The maximum atomic E-state index is 11.8. The summed E-state index contributed by atoms with van der Waals surface area (Å²) >= 11 is 0. The highest BCUT2D eigenvalue weighted by molar-refractivity contribution is 6.02. The number of rotatable bonds is 2. The summed E-state index contributed by atoms with van der Waals surface area (Å²) in [5.41, 5.74) is 3.45. The minimum Gasteiger partial charge on any atom is -0.461 e. The van der Waals surface area contributed by atoms with Crippen molar-refractivity contribution < 1.29 is 14.3 Å². The number of hydrogen-bond acceptors (Lipinski definition) is 4.